The van der Waals surface area contributed by atoms with Crippen LogP contribution in [-0.2, 0) is 17.8 Å². The van der Waals surface area contributed by atoms with Gasteiger partial charge in [-0.1, -0.05) is 13.8 Å². The van der Waals surface area contributed by atoms with Gasteiger partial charge in [-0.3, -0.25) is 4.79 Å². The largest absolute Gasteiger partial charge is 0.352 e. The molecular weight excluding hydrogens is 224 g/mol. The molecule has 1 unspecified atom stereocenters. The van der Waals surface area contributed by atoms with Crippen molar-refractivity contribution in [2.24, 2.45) is 5.92 Å². The molecule has 0 bridgehead atoms. The molecule has 0 spiro atoms. The highest BCUT2D eigenvalue weighted by Gasteiger charge is 2.38. The summed E-state index contributed by atoms with van der Waals surface area (Å²) in [5, 5.41) is 3.24. The van der Waals surface area contributed by atoms with E-state index in [1.54, 1.807) is 0 Å². The first kappa shape index (κ1) is 13.2. The van der Waals surface area contributed by atoms with Crippen LogP contribution in [0.4, 0.5) is 0 Å². The zero-order chi connectivity index (χ0) is 13.2. The Morgan fingerprint density at radius 1 is 1.50 bits per heavy atom. The predicted molar refractivity (Wildman–Crippen MR) is 73.4 cm³/mol. The third-order valence-electron chi connectivity index (χ3n) is 3.82. The SMILES string of the molecule is CCn1cccc1CC1(CC(C)C)CCC(=O)N1. The Morgan fingerprint density at radius 3 is 2.83 bits per heavy atom. The van der Waals surface area contributed by atoms with E-state index in [1.165, 1.54) is 5.69 Å². The minimum absolute atomic E-state index is 0.0173. The summed E-state index contributed by atoms with van der Waals surface area (Å²) in [7, 11) is 0. The van der Waals surface area contributed by atoms with Crippen molar-refractivity contribution in [3.63, 3.8) is 0 Å². The van der Waals surface area contributed by atoms with Gasteiger partial charge in [0.15, 0.2) is 0 Å². The Labute approximate surface area is 110 Å². The van der Waals surface area contributed by atoms with Crippen molar-refractivity contribution in [3.8, 4) is 0 Å². The molecule has 0 aromatic carbocycles. The average molecular weight is 248 g/mol. The molecule has 0 saturated carbocycles. The van der Waals surface area contributed by atoms with Gasteiger partial charge in [0.05, 0.1) is 0 Å². The highest BCUT2D eigenvalue weighted by atomic mass is 16.2. The van der Waals surface area contributed by atoms with Crippen LogP contribution in [0.3, 0.4) is 0 Å². The molecular formula is C15H24N2O. The van der Waals surface area contributed by atoms with E-state index in [0.717, 1.165) is 25.8 Å². The fourth-order valence-electron chi connectivity index (χ4n) is 3.18. The molecule has 100 valence electrons. The maximum absolute atomic E-state index is 11.6. The molecule has 1 aromatic heterocycles. The first-order valence-corrected chi connectivity index (χ1v) is 7.00. The van der Waals surface area contributed by atoms with E-state index in [-0.39, 0.29) is 11.4 Å². The van der Waals surface area contributed by atoms with Crippen LogP contribution in [0.15, 0.2) is 18.3 Å². The predicted octanol–water partition coefficient (Wildman–Crippen LogP) is 2.75. The highest BCUT2D eigenvalue weighted by molar-refractivity contribution is 5.79. The van der Waals surface area contributed by atoms with E-state index in [4.69, 9.17) is 0 Å². The number of nitrogens with one attached hydrogen (secondary N) is 1. The van der Waals surface area contributed by atoms with Crippen LogP contribution in [0.2, 0.25) is 0 Å². The van der Waals surface area contributed by atoms with Crippen LogP contribution in [0.5, 0.6) is 0 Å². The summed E-state index contributed by atoms with van der Waals surface area (Å²) >= 11 is 0. The van der Waals surface area contributed by atoms with Gasteiger partial charge >= 0.3 is 0 Å². The van der Waals surface area contributed by atoms with Crippen molar-refractivity contribution in [1.82, 2.24) is 9.88 Å². The van der Waals surface area contributed by atoms with E-state index in [1.807, 2.05) is 0 Å². The number of nitrogens with zero attached hydrogens (tertiary/aromatic N) is 1. The van der Waals surface area contributed by atoms with E-state index in [0.29, 0.717) is 12.3 Å². The molecule has 1 atom stereocenters. The molecule has 1 aliphatic rings. The number of carbonyl (C=O) groups excluding carboxylic acids is 1. The number of hydrogen-bond acceptors (Lipinski definition) is 1. The zero-order valence-electron chi connectivity index (χ0n) is 11.7. The standard InChI is InChI=1S/C15H24N2O/c1-4-17-9-5-6-13(17)11-15(10-12(2)3)8-7-14(18)16-15/h5-6,9,12H,4,7-8,10-11H2,1-3H3,(H,16,18). The smallest absolute Gasteiger partial charge is 0.220 e. The minimum atomic E-state index is -0.0173. The van der Waals surface area contributed by atoms with E-state index in [2.05, 4.69) is 49.0 Å². The summed E-state index contributed by atoms with van der Waals surface area (Å²) in [6, 6.07) is 4.27. The molecule has 1 N–H and O–H groups in total. The molecule has 3 nitrogen and oxygen atoms in total. The number of amides is 1. The second-order valence-electron chi connectivity index (χ2n) is 5.89. The van der Waals surface area contributed by atoms with Gasteiger partial charge < -0.3 is 9.88 Å². The van der Waals surface area contributed by atoms with Crippen LogP contribution in [-0.4, -0.2) is 16.0 Å². The fourth-order valence-corrected chi connectivity index (χ4v) is 3.18. The van der Waals surface area contributed by atoms with E-state index < -0.39 is 0 Å². The van der Waals surface area contributed by atoms with Crippen molar-refractivity contribution in [2.75, 3.05) is 0 Å². The summed E-state index contributed by atoms with van der Waals surface area (Å²) in [6.45, 7) is 7.61. The summed E-state index contributed by atoms with van der Waals surface area (Å²) in [4.78, 5) is 11.6. The van der Waals surface area contributed by atoms with Crippen molar-refractivity contribution in [2.45, 2.75) is 58.5 Å². The molecule has 1 amide bonds. The number of hydrogen-bond donors (Lipinski definition) is 1. The Morgan fingerprint density at radius 2 is 2.28 bits per heavy atom. The summed E-state index contributed by atoms with van der Waals surface area (Å²) in [5.74, 6) is 0.818. The third kappa shape index (κ3) is 2.77. The lowest BCUT2D eigenvalue weighted by Crippen LogP contribution is -2.45. The molecule has 1 fully saturated rings. The zero-order valence-corrected chi connectivity index (χ0v) is 11.7. The number of aromatic nitrogens is 1. The molecule has 1 aromatic rings. The van der Waals surface area contributed by atoms with Gasteiger partial charge in [-0.2, -0.15) is 0 Å². The average Bonchev–Trinajstić information content (AvgIpc) is 2.85. The van der Waals surface area contributed by atoms with Crippen LogP contribution in [0.25, 0.3) is 0 Å². The first-order valence-electron chi connectivity index (χ1n) is 7.00. The molecule has 1 saturated heterocycles. The molecule has 1 aliphatic heterocycles. The molecule has 3 heteroatoms. The minimum Gasteiger partial charge on any atom is -0.352 e. The van der Waals surface area contributed by atoms with E-state index in [9.17, 15) is 4.79 Å². The third-order valence-corrected chi connectivity index (χ3v) is 3.82. The molecule has 2 rings (SSSR count). The number of rotatable bonds is 5. The Bertz CT molecular complexity index is 422. The van der Waals surface area contributed by atoms with Crippen molar-refractivity contribution >= 4 is 5.91 Å². The van der Waals surface area contributed by atoms with Crippen molar-refractivity contribution < 1.29 is 4.79 Å². The van der Waals surface area contributed by atoms with Crippen LogP contribution >= 0.6 is 0 Å². The maximum atomic E-state index is 11.6. The molecule has 0 radical (unpaired) electrons. The Balaban J connectivity index is 2.18. The second-order valence-corrected chi connectivity index (χ2v) is 5.89. The van der Waals surface area contributed by atoms with Crippen LogP contribution in [0.1, 0.15) is 45.7 Å². The number of aryl methyl sites for hydroxylation is 1. The summed E-state index contributed by atoms with van der Waals surface area (Å²) in [5.41, 5.74) is 1.32. The first-order chi connectivity index (χ1) is 8.54. The summed E-state index contributed by atoms with van der Waals surface area (Å²) < 4.78 is 2.27. The van der Waals surface area contributed by atoms with Crippen molar-refractivity contribution in [3.05, 3.63) is 24.0 Å². The molecule has 2 heterocycles. The maximum Gasteiger partial charge on any atom is 0.220 e. The quantitative estimate of drug-likeness (QED) is 0.854. The van der Waals surface area contributed by atoms with Gasteiger partial charge in [-0.25, -0.2) is 0 Å². The van der Waals surface area contributed by atoms with Crippen molar-refractivity contribution in [1.29, 1.82) is 0 Å². The normalized spacial score (nSPS) is 23.7. The second kappa shape index (κ2) is 5.17. The summed E-state index contributed by atoms with van der Waals surface area (Å²) in [6.07, 6.45) is 5.79. The lowest BCUT2D eigenvalue weighted by Gasteiger charge is -2.31. The fraction of sp³-hybridized carbons (Fsp3) is 0.667. The van der Waals surface area contributed by atoms with Gasteiger partial charge in [-0.05, 0) is 37.8 Å². The van der Waals surface area contributed by atoms with Gasteiger partial charge in [0.25, 0.3) is 0 Å². The Kier molecular flexibility index (Phi) is 3.79. The highest BCUT2D eigenvalue weighted by Crippen LogP contribution is 2.31. The van der Waals surface area contributed by atoms with Crippen LogP contribution < -0.4 is 5.32 Å². The lowest BCUT2D eigenvalue weighted by molar-refractivity contribution is -0.119. The monoisotopic (exact) mass is 248 g/mol. The van der Waals surface area contributed by atoms with Crippen LogP contribution in [0, 0.1) is 5.92 Å². The van der Waals surface area contributed by atoms with Gasteiger partial charge in [0.1, 0.15) is 0 Å². The topological polar surface area (TPSA) is 34.0 Å². The molecule has 0 aliphatic carbocycles. The van der Waals surface area contributed by atoms with Gasteiger partial charge in [0.2, 0.25) is 5.91 Å². The van der Waals surface area contributed by atoms with Gasteiger partial charge in [-0.15, -0.1) is 0 Å². The van der Waals surface area contributed by atoms with Gasteiger partial charge in [0, 0.05) is 36.8 Å². The molecule has 18 heavy (non-hydrogen) atoms. The lowest BCUT2D eigenvalue weighted by atomic mass is 9.83. The van der Waals surface area contributed by atoms with E-state index >= 15 is 0 Å². The Hall–Kier alpha value is -1.25. The number of carbonyl (C=O) groups is 1.